The molecule has 0 aliphatic carbocycles. The molecule has 1 amide bonds. The van der Waals surface area contributed by atoms with Crippen LogP contribution in [0.5, 0.6) is 0 Å². The topological polar surface area (TPSA) is 71.0 Å². The number of nitrogens with zero attached hydrogens (tertiary/aromatic N) is 4. The Balaban J connectivity index is 1.89. The number of carbonyl (C=O) groups excluding carboxylic acids is 1. The highest BCUT2D eigenvalue weighted by Gasteiger charge is 2.43. The molecule has 1 fully saturated rings. The Hall–Kier alpha value is -1.73. The molecule has 1 unspecified atom stereocenters. The van der Waals surface area contributed by atoms with E-state index in [9.17, 15) is 4.79 Å². The van der Waals surface area contributed by atoms with Gasteiger partial charge in [-0.25, -0.2) is 15.0 Å². The molecule has 3 heterocycles. The van der Waals surface area contributed by atoms with Gasteiger partial charge in [-0.2, -0.15) is 0 Å². The van der Waals surface area contributed by atoms with E-state index >= 15 is 0 Å². The summed E-state index contributed by atoms with van der Waals surface area (Å²) in [7, 11) is 0. The molecule has 0 bridgehead atoms. The molecular weight excluding hydrogens is 322 g/mol. The van der Waals surface area contributed by atoms with E-state index in [1.807, 2.05) is 17.2 Å². The Morgan fingerprint density at radius 1 is 1.45 bits per heavy atom. The van der Waals surface area contributed by atoms with Crippen LogP contribution < -0.4 is 10.2 Å². The predicted molar refractivity (Wildman–Crippen MR) is 86.2 cm³/mol. The molecule has 6 nitrogen and oxygen atoms in total. The zero-order valence-corrected chi connectivity index (χ0v) is 13.9. The van der Waals surface area contributed by atoms with Crippen LogP contribution >= 0.6 is 22.9 Å². The molecule has 1 N–H and O–H groups in total. The maximum absolute atomic E-state index is 11.7. The van der Waals surface area contributed by atoms with Gasteiger partial charge in [0.2, 0.25) is 11.9 Å². The van der Waals surface area contributed by atoms with E-state index in [2.05, 4.69) is 20.3 Å². The molecule has 0 saturated carbocycles. The van der Waals surface area contributed by atoms with E-state index < -0.39 is 5.54 Å². The number of nitrogens with one attached hydrogen (secondary N) is 1. The van der Waals surface area contributed by atoms with Crippen molar-refractivity contribution in [2.45, 2.75) is 25.8 Å². The number of anilines is 1. The van der Waals surface area contributed by atoms with Gasteiger partial charge in [-0.3, -0.25) is 4.79 Å². The number of halogens is 1. The predicted octanol–water partition coefficient (Wildman–Crippen LogP) is 2.14. The maximum Gasteiger partial charge on any atom is 0.225 e. The van der Waals surface area contributed by atoms with Crippen molar-refractivity contribution in [3.05, 3.63) is 33.5 Å². The summed E-state index contributed by atoms with van der Waals surface area (Å²) in [6.45, 7) is 4.84. The second kappa shape index (κ2) is 5.81. The van der Waals surface area contributed by atoms with Crippen molar-refractivity contribution in [3.8, 4) is 0 Å². The second-order valence-electron chi connectivity index (χ2n) is 5.43. The van der Waals surface area contributed by atoms with Crippen molar-refractivity contribution >= 4 is 34.8 Å². The molecule has 2 aromatic heterocycles. The summed E-state index contributed by atoms with van der Waals surface area (Å²) in [6, 6.07) is 0. The van der Waals surface area contributed by atoms with Crippen molar-refractivity contribution in [1.29, 1.82) is 0 Å². The van der Waals surface area contributed by atoms with Crippen LogP contribution in [0.1, 0.15) is 24.0 Å². The normalized spacial score (nSPS) is 21.1. The molecule has 1 aliphatic heterocycles. The van der Waals surface area contributed by atoms with E-state index in [1.165, 1.54) is 6.92 Å². The van der Waals surface area contributed by atoms with Crippen LogP contribution in [0.15, 0.2) is 17.8 Å². The summed E-state index contributed by atoms with van der Waals surface area (Å²) in [5, 5.41) is 6.52. The summed E-state index contributed by atoms with van der Waals surface area (Å²) >= 11 is 7.41. The van der Waals surface area contributed by atoms with Crippen LogP contribution in [0.4, 0.5) is 5.95 Å². The van der Waals surface area contributed by atoms with Gasteiger partial charge < -0.3 is 10.2 Å². The van der Waals surface area contributed by atoms with E-state index in [-0.39, 0.29) is 5.91 Å². The number of aromatic nitrogens is 3. The number of amides is 1. The number of rotatable bonds is 3. The lowest BCUT2D eigenvalue weighted by Gasteiger charge is -2.28. The first-order valence-corrected chi connectivity index (χ1v) is 8.18. The molecule has 1 atom stereocenters. The third-order valence-electron chi connectivity index (χ3n) is 3.60. The molecule has 8 heteroatoms. The molecule has 2 aromatic rings. The molecule has 116 valence electrons. The minimum Gasteiger partial charge on any atom is -0.343 e. The van der Waals surface area contributed by atoms with Gasteiger partial charge in [-0.1, -0.05) is 11.6 Å². The van der Waals surface area contributed by atoms with E-state index in [0.29, 0.717) is 17.5 Å². The number of aryl methyl sites for hydroxylation is 1. The van der Waals surface area contributed by atoms with Gasteiger partial charge in [0.25, 0.3) is 0 Å². The zero-order chi connectivity index (χ0) is 15.7. The molecule has 0 aromatic carbocycles. The Morgan fingerprint density at radius 3 is 2.77 bits per heavy atom. The van der Waals surface area contributed by atoms with Crippen LogP contribution in [0.25, 0.3) is 0 Å². The number of thiazole rings is 1. The molecule has 0 spiro atoms. The summed E-state index contributed by atoms with van der Waals surface area (Å²) in [5.74, 6) is 0.552. The molecule has 22 heavy (non-hydrogen) atoms. The lowest BCUT2D eigenvalue weighted by molar-refractivity contribution is -0.120. The first-order chi connectivity index (χ1) is 10.5. The fourth-order valence-electron chi connectivity index (χ4n) is 2.69. The number of carbonyl (C=O) groups is 1. The van der Waals surface area contributed by atoms with Crippen LogP contribution in [-0.4, -0.2) is 33.9 Å². The molecule has 1 aliphatic rings. The largest absolute Gasteiger partial charge is 0.343 e. The Labute approximate surface area is 137 Å². The first-order valence-electron chi connectivity index (χ1n) is 6.92. The molecule has 0 radical (unpaired) electrons. The van der Waals surface area contributed by atoms with E-state index in [1.54, 1.807) is 23.7 Å². The smallest absolute Gasteiger partial charge is 0.225 e. The van der Waals surface area contributed by atoms with Crippen molar-refractivity contribution in [2.75, 3.05) is 18.0 Å². The summed E-state index contributed by atoms with van der Waals surface area (Å²) in [5.41, 5.74) is 0.485. The lowest BCUT2D eigenvalue weighted by Crippen LogP contribution is -2.47. The third-order valence-corrected chi connectivity index (χ3v) is 4.96. The van der Waals surface area contributed by atoms with Gasteiger partial charge in [0, 0.05) is 24.5 Å². The minimum atomic E-state index is -0.478. The SMILES string of the molecule is CC(=O)NC1(c2nc(C)cs2)CCN(c2ncc(Cl)cn2)C1. The Morgan fingerprint density at radius 2 is 2.18 bits per heavy atom. The fourth-order valence-corrected chi connectivity index (χ4v) is 3.76. The van der Waals surface area contributed by atoms with Gasteiger partial charge >= 0.3 is 0 Å². The monoisotopic (exact) mass is 337 g/mol. The highest BCUT2D eigenvalue weighted by Crippen LogP contribution is 2.35. The van der Waals surface area contributed by atoms with Crippen molar-refractivity contribution in [1.82, 2.24) is 20.3 Å². The molecule has 1 saturated heterocycles. The maximum atomic E-state index is 11.7. The van der Waals surface area contributed by atoms with Gasteiger partial charge in [0.05, 0.1) is 24.0 Å². The van der Waals surface area contributed by atoms with E-state index in [0.717, 1.165) is 23.7 Å². The summed E-state index contributed by atoms with van der Waals surface area (Å²) < 4.78 is 0. The summed E-state index contributed by atoms with van der Waals surface area (Å²) in [4.78, 5) is 26.8. The highest BCUT2D eigenvalue weighted by atomic mass is 35.5. The average Bonchev–Trinajstić information content (AvgIpc) is 3.07. The van der Waals surface area contributed by atoms with Crippen molar-refractivity contribution in [3.63, 3.8) is 0 Å². The van der Waals surface area contributed by atoms with Crippen molar-refractivity contribution < 1.29 is 4.79 Å². The second-order valence-corrected chi connectivity index (χ2v) is 6.72. The van der Waals surface area contributed by atoms with Gasteiger partial charge in [0.1, 0.15) is 10.5 Å². The number of hydrogen-bond donors (Lipinski definition) is 1. The first kappa shape index (κ1) is 15.2. The van der Waals surface area contributed by atoms with Crippen LogP contribution in [0.3, 0.4) is 0 Å². The van der Waals surface area contributed by atoms with Gasteiger partial charge in [-0.15, -0.1) is 11.3 Å². The van der Waals surface area contributed by atoms with Crippen LogP contribution in [0, 0.1) is 6.92 Å². The van der Waals surface area contributed by atoms with Crippen molar-refractivity contribution in [2.24, 2.45) is 0 Å². The molecular formula is C14H16ClN5OS. The Bertz CT molecular complexity index is 689. The lowest BCUT2D eigenvalue weighted by atomic mass is 9.99. The minimum absolute atomic E-state index is 0.0632. The standard InChI is InChI=1S/C14H16ClN5OS/c1-9-7-22-12(18-9)14(19-10(2)21)3-4-20(8-14)13-16-5-11(15)6-17-13/h5-7H,3-4,8H2,1-2H3,(H,19,21). The average molecular weight is 338 g/mol. The van der Waals surface area contributed by atoms with E-state index in [4.69, 9.17) is 11.6 Å². The number of hydrogen-bond acceptors (Lipinski definition) is 6. The zero-order valence-electron chi connectivity index (χ0n) is 12.3. The van der Waals surface area contributed by atoms with Gasteiger partial charge in [-0.05, 0) is 13.3 Å². The fraction of sp³-hybridized carbons (Fsp3) is 0.429. The highest BCUT2D eigenvalue weighted by molar-refractivity contribution is 7.09. The Kier molecular flexibility index (Phi) is 4.01. The quantitative estimate of drug-likeness (QED) is 0.929. The van der Waals surface area contributed by atoms with Gasteiger partial charge in [0.15, 0.2) is 0 Å². The molecule has 3 rings (SSSR count). The summed E-state index contributed by atoms with van der Waals surface area (Å²) in [6.07, 6.45) is 3.93. The van der Waals surface area contributed by atoms with Crippen LogP contribution in [-0.2, 0) is 10.3 Å². The third kappa shape index (κ3) is 2.91. The van der Waals surface area contributed by atoms with Crippen LogP contribution in [0.2, 0.25) is 5.02 Å².